The lowest BCUT2D eigenvalue weighted by Crippen LogP contribution is -2.26. The van der Waals surface area contributed by atoms with E-state index in [0.717, 1.165) is 63.5 Å². The molecule has 1 saturated carbocycles. The molecule has 8 heteroatoms. The van der Waals surface area contributed by atoms with E-state index in [9.17, 15) is 14.4 Å². The molecule has 0 aromatic heterocycles. The quantitative estimate of drug-likeness (QED) is 0.0356. The van der Waals surface area contributed by atoms with Gasteiger partial charge in [0.1, 0.15) is 0 Å². The van der Waals surface area contributed by atoms with Gasteiger partial charge in [0.25, 0.3) is 0 Å². The van der Waals surface area contributed by atoms with Crippen LogP contribution in [0, 0.1) is 11.8 Å². The molecule has 1 aliphatic rings. The second-order valence-corrected chi connectivity index (χ2v) is 16.1. The van der Waals surface area contributed by atoms with Gasteiger partial charge in [-0.1, -0.05) is 135 Å². The van der Waals surface area contributed by atoms with Crippen LogP contribution >= 0.6 is 0 Å². The van der Waals surface area contributed by atoms with Gasteiger partial charge in [-0.2, -0.15) is 0 Å². The number of esters is 3. The molecule has 2 atom stereocenters. The first-order valence-corrected chi connectivity index (χ1v) is 21.5. The van der Waals surface area contributed by atoms with E-state index in [4.69, 9.17) is 14.2 Å². The molecule has 1 rings (SSSR count). The van der Waals surface area contributed by atoms with E-state index in [1.807, 2.05) is 38.0 Å². The van der Waals surface area contributed by atoms with Crippen molar-refractivity contribution >= 4 is 17.9 Å². The Balaban J connectivity index is 1.91. The van der Waals surface area contributed by atoms with Crippen molar-refractivity contribution in [2.45, 2.75) is 199 Å². The van der Waals surface area contributed by atoms with Crippen LogP contribution < -0.4 is 0 Å². The molecule has 1 aliphatic carbocycles. The predicted molar refractivity (Wildman–Crippen MR) is 211 cm³/mol. The second-order valence-electron chi connectivity index (χ2n) is 16.1. The summed E-state index contributed by atoms with van der Waals surface area (Å²) in [6.07, 6.45) is 34.2. The van der Waals surface area contributed by atoms with E-state index in [1.54, 1.807) is 0 Å². The smallest absolute Gasteiger partial charge is 0.308 e. The van der Waals surface area contributed by atoms with Gasteiger partial charge in [0.2, 0.25) is 6.29 Å². The van der Waals surface area contributed by atoms with E-state index in [-0.39, 0.29) is 17.9 Å². The number of methoxy groups -OCH3 is 1. The Morgan fingerprint density at radius 3 is 1.18 bits per heavy atom. The zero-order valence-electron chi connectivity index (χ0n) is 34.2. The van der Waals surface area contributed by atoms with Crippen LogP contribution in [0.3, 0.4) is 0 Å². The van der Waals surface area contributed by atoms with E-state index >= 15 is 0 Å². The highest BCUT2D eigenvalue weighted by molar-refractivity contribution is 5.71. The molecule has 300 valence electrons. The maximum absolute atomic E-state index is 12.3. The van der Waals surface area contributed by atoms with Crippen LogP contribution in [0.15, 0.2) is 0 Å². The first-order chi connectivity index (χ1) is 24.7. The molecule has 0 N–H and O–H groups in total. The lowest BCUT2D eigenvalue weighted by Gasteiger charge is -2.19. The summed E-state index contributed by atoms with van der Waals surface area (Å²) in [6.45, 7) is 1.66. The van der Waals surface area contributed by atoms with Crippen molar-refractivity contribution in [3.05, 3.63) is 0 Å². The number of nitrogens with zero attached hydrogens (tertiary/aromatic N) is 2. The van der Waals surface area contributed by atoms with Gasteiger partial charge in [0, 0.05) is 25.7 Å². The molecule has 0 aromatic rings. The molecular weight excluding hydrogens is 640 g/mol. The number of carbonyl (C=O) groups excluding carboxylic acids is 3. The van der Waals surface area contributed by atoms with E-state index in [0.29, 0.717) is 25.7 Å². The Morgan fingerprint density at radius 2 is 0.804 bits per heavy atom. The largest absolute Gasteiger partial charge is 0.469 e. The Bertz CT molecular complexity index is 822. The average molecular weight is 723 g/mol. The van der Waals surface area contributed by atoms with Crippen molar-refractivity contribution in [2.24, 2.45) is 11.8 Å². The van der Waals surface area contributed by atoms with Crippen LogP contribution in [-0.4, -0.2) is 82.4 Å². The molecule has 0 heterocycles. The minimum Gasteiger partial charge on any atom is -0.469 e. The maximum Gasteiger partial charge on any atom is 0.308 e. The van der Waals surface area contributed by atoms with E-state index < -0.39 is 6.29 Å². The van der Waals surface area contributed by atoms with Gasteiger partial charge in [-0.3, -0.25) is 14.4 Å². The maximum atomic E-state index is 12.3. The molecule has 0 spiro atoms. The molecule has 8 nitrogen and oxygen atoms in total. The third-order valence-corrected chi connectivity index (χ3v) is 10.5. The number of unbranched alkanes of at least 4 members (excludes halogenated alkanes) is 19. The second kappa shape index (κ2) is 32.9. The third-order valence-electron chi connectivity index (χ3n) is 10.5. The van der Waals surface area contributed by atoms with Gasteiger partial charge < -0.3 is 24.0 Å². The summed E-state index contributed by atoms with van der Waals surface area (Å²) < 4.78 is 15.9. The normalized spacial score (nSPS) is 15.5. The molecular formula is C43H82N2O6. The zero-order valence-corrected chi connectivity index (χ0v) is 34.2. The standard InChI is InChI=1S/C43H82N2O6/c1-44(2)35-27-32-41(47)50-43(51-42(48)33-28-36-45(3)4)34-26-22-17-15-13-11-9-7-6-8-10-12-14-16-19-23-29-38-37-39(38)30-24-20-18-21-25-31-40(46)49-5/h38-39,43H,6-37H2,1-5H3. The molecule has 2 unspecified atom stereocenters. The Morgan fingerprint density at radius 1 is 0.471 bits per heavy atom. The van der Waals surface area contributed by atoms with Crippen molar-refractivity contribution in [1.82, 2.24) is 9.80 Å². The van der Waals surface area contributed by atoms with Crippen molar-refractivity contribution in [1.29, 1.82) is 0 Å². The van der Waals surface area contributed by atoms with Crippen molar-refractivity contribution in [3.8, 4) is 0 Å². The molecule has 0 radical (unpaired) electrons. The fourth-order valence-electron chi connectivity index (χ4n) is 7.15. The Labute approximate surface area is 314 Å². The number of hydrogen-bond acceptors (Lipinski definition) is 8. The predicted octanol–water partition coefficient (Wildman–Crippen LogP) is 10.6. The summed E-state index contributed by atoms with van der Waals surface area (Å²) in [5, 5.41) is 0. The highest BCUT2D eigenvalue weighted by Crippen LogP contribution is 2.45. The first kappa shape index (κ1) is 47.4. The highest BCUT2D eigenvalue weighted by Gasteiger charge is 2.35. The summed E-state index contributed by atoms with van der Waals surface area (Å²) in [6, 6.07) is 0. The fraction of sp³-hybridized carbons (Fsp3) is 0.930. The number of carbonyl (C=O) groups is 3. The van der Waals surface area contributed by atoms with Crippen LogP contribution in [0.1, 0.15) is 193 Å². The Hall–Kier alpha value is -1.67. The summed E-state index contributed by atoms with van der Waals surface area (Å²) in [4.78, 5) is 39.9. The monoisotopic (exact) mass is 723 g/mol. The minimum atomic E-state index is -0.756. The molecule has 0 saturated heterocycles. The number of hydrogen-bond donors (Lipinski definition) is 0. The molecule has 0 bridgehead atoms. The zero-order chi connectivity index (χ0) is 37.4. The molecule has 51 heavy (non-hydrogen) atoms. The Kier molecular flexibility index (Phi) is 30.6. The van der Waals surface area contributed by atoms with E-state index in [2.05, 4.69) is 0 Å². The summed E-state index contributed by atoms with van der Waals surface area (Å²) in [5.41, 5.74) is 0. The van der Waals surface area contributed by atoms with Crippen molar-refractivity contribution < 1.29 is 28.6 Å². The van der Waals surface area contributed by atoms with E-state index in [1.165, 1.54) is 136 Å². The first-order valence-electron chi connectivity index (χ1n) is 21.5. The number of rotatable bonds is 37. The van der Waals surface area contributed by atoms with Crippen LogP contribution in [-0.2, 0) is 28.6 Å². The van der Waals surface area contributed by atoms with Crippen LogP contribution in [0.2, 0.25) is 0 Å². The summed E-state index contributed by atoms with van der Waals surface area (Å²) >= 11 is 0. The molecule has 0 aromatic carbocycles. The average Bonchev–Trinajstić information content (AvgIpc) is 3.84. The molecule has 0 amide bonds. The van der Waals surface area contributed by atoms with Gasteiger partial charge in [-0.15, -0.1) is 0 Å². The number of ether oxygens (including phenoxy) is 3. The highest BCUT2D eigenvalue weighted by atomic mass is 16.7. The van der Waals surface area contributed by atoms with Crippen molar-refractivity contribution in [3.63, 3.8) is 0 Å². The van der Waals surface area contributed by atoms with Crippen LogP contribution in [0.25, 0.3) is 0 Å². The lowest BCUT2D eigenvalue weighted by atomic mass is 10.0. The van der Waals surface area contributed by atoms with Gasteiger partial charge >= 0.3 is 17.9 Å². The summed E-state index contributed by atoms with van der Waals surface area (Å²) in [7, 11) is 9.43. The topological polar surface area (TPSA) is 85.4 Å². The van der Waals surface area contributed by atoms with Crippen LogP contribution in [0.5, 0.6) is 0 Å². The molecule has 0 aliphatic heterocycles. The van der Waals surface area contributed by atoms with Crippen molar-refractivity contribution in [2.75, 3.05) is 48.4 Å². The van der Waals surface area contributed by atoms with Gasteiger partial charge in [0.15, 0.2) is 0 Å². The summed E-state index contributed by atoms with van der Waals surface area (Å²) in [5.74, 6) is 1.43. The molecule has 1 fully saturated rings. The minimum absolute atomic E-state index is 0.0698. The fourth-order valence-corrected chi connectivity index (χ4v) is 7.15. The van der Waals surface area contributed by atoms with Gasteiger partial charge in [0.05, 0.1) is 7.11 Å². The lowest BCUT2D eigenvalue weighted by molar-refractivity contribution is -0.189. The van der Waals surface area contributed by atoms with Gasteiger partial charge in [-0.05, 0) is 85.2 Å². The van der Waals surface area contributed by atoms with Gasteiger partial charge in [-0.25, -0.2) is 0 Å². The third kappa shape index (κ3) is 31.6. The van der Waals surface area contributed by atoms with Crippen LogP contribution in [0.4, 0.5) is 0 Å². The SMILES string of the molecule is COC(=O)CCCCCCCC1CC1CCCCCCCCCCCCCCCCCCC(OC(=O)CCCN(C)C)OC(=O)CCCN(C)C.